The number of nitrogens with one attached hydrogen (secondary N) is 3. The topological polar surface area (TPSA) is 95.9 Å². The molecule has 1 aliphatic heterocycles. The molecule has 0 aliphatic carbocycles. The van der Waals surface area contributed by atoms with Crippen LogP contribution in [0.15, 0.2) is 42.7 Å². The van der Waals surface area contributed by atoms with Gasteiger partial charge in [-0.1, -0.05) is 6.07 Å². The van der Waals surface area contributed by atoms with E-state index in [2.05, 4.69) is 21.4 Å². The van der Waals surface area contributed by atoms with Crippen LogP contribution in [0.25, 0.3) is 5.70 Å². The molecule has 10 nitrogen and oxygen atoms in total. The van der Waals surface area contributed by atoms with E-state index in [9.17, 15) is 18.0 Å². The predicted molar refractivity (Wildman–Crippen MR) is 150 cm³/mol. The van der Waals surface area contributed by atoms with Gasteiger partial charge in [0.2, 0.25) is 0 Å². The summed E-state index contributed by atoms with van der Waals surface area (Å²) in [4.78, 5) is 15.2. The first-order valence-electron chi connectivity index (χ1n) is 12.8. The van der Waals surface area contributed by atoms with Crippen molar-refractivity contribution >= 4 is 23.0 Å². The Kier molecular flexibility index (Phi) is 8.90. The first-order valence-corrected chi connectivity index (χ1v) is 12.8. The Labute approximate surface area is 236 Å². The van der Waals surface area contributed by atoms with Crippen molar-refractivity contribution in [1.29, 1.82) is 0 Å². The first-order chi connectivity index (χ1) is 19.4. The molecule has 2 heterocycles. The fraction of sp³-hybridized carbons (Fsp3) is 0.357. The third-order valence-electron chi connectivity index (χ3n) is 6.71. The average molecular weight is 574 g/mol. The van der Waals surface area contributed by atoms with Gasteiger partial charge in [0.15, 0.2) is 0 Å². The van der Waals surface area contributed by atoms with Crippen molar-refractivity contribution in [2.45, 2.75) is 26.6 Å². The molecule has 0 saturated heterocycles. The van der Waals surface area contributed by atoms with Crippen molar-refractivity contribution in [1.82, 2.24) is 25.6 Å². The summed E-state index contributed by atoms with van der Waals surface area (Å²) < 4.78 is 54.1. The van der Waals surface area contributed by atoms with Gasteiger partial charge in [-0.2, -0.15) is 18.3 Å². The molecule has 4 rings (SSSR count). The highest BCUT2D eigenvalue weighted by Crippen LogP contribution is 2.38. The lowest BCUT2D eigenvalue weighted by molar-refractivity contribution is -0.137. The summed E-state index contributed by atoms with van der Waals surface area (Å²) in [7, 11) is 6.93. The number of carbonyl (C=O) groups excluding carboxylic acids is 1. The van der Waals surface area contributed by atoms with E-state index in [0.29, 0.717) is 18.8 Å². The lowest BCUT2D eigenvalue weighted by Crippen LogP contribution is -2.36. The number of methoxy groups -OCH3 is 1. The number of rotatable bonds is 10. The SMILES string of the molecule is COc1c(COCCN(C)C)cc(C(F)(F)F)cc1NC(=O)c1ccc(C)c(N2C=C(c3cnn(C)c3C)NN2)c1. The zero-order valence-corrected chi connectivity index (χ0v) is 23.8. The van der Waals surface area contributed by atoms with E-state index in [1.54, 1.807) is 34.1 Å². The molecule has 1 aliphatic rings. The highest BCUT2D eigenvalue weighted by Gasteiger charge is 2.33. The van der Waals surface area contributed by atoms with Crippen molar-refractivity contribution in [3.63, 3.8) is 0 Å². The van der Waals surface area contributed by atoms with Crippen LogP contribution >= 0.6 is 0 Å². The number of anilines is 2. The van der Waals surface area contributed by atoms with E-state index < -0.39 is 17.6 Å². The van der Waals surface area contributed by atoms with Gasteiger partial charge in [0.25, 0.3) is 5.91 Å². The number of benzene rings is 2. The maximum absolute atomic E-state index is 13.8. The Morgan fingerprint density at radius 1 is 1.17 bits per heavy atom. The van der Waals surface area contributed by atoms with E-state index in [1.807, 2.05) is 46.1 Å². The lowest BCUT2D eigenvalue weighted by Gasteiger charge is -2.20. The number of aromatic nitrogens is 2. The number of likely N-dealkylation sites (N-methyl/N-ethyl adjacent to an activating group) is 1. The van der Waals surface area contributed by atoms with E-state index in [4.69, 9.17) is 9.47 Å². The summed E-state index contributed by atoms with van der Waals surface area (Å²) in [6.45, 7) is 4.64. The van der Waals surface area contributed by atoms with Crippen molar-refractivity contribution in [3.8, 4) is 5.75 Å². The van der Waals surface area contributed by atoms with Crippen LogP contribution in [0.1, 0.15) is 38.3 Å². The molecular weight excluding hydrogens is 539 g/mol. The van der Waals surface area contributed by atoms with Crippen molar-refractivity contribution < 1.29 is 27.4 Å². The zero-order valence-electron chi connectivity index (χ0n) is 23.8. The summed E-state index contributed by atoms with van der Waals surface area (Å²) >= 11 is 0. The molecule has 2 aromatic carbocycles. The van der Waals surface area contributed by atoms with E-state index in [0.717, 1.165) is 34.7 Å². The van der Waals surface area contributed by atoms with Crippen molar-refractivity contribution in [2.24, 2.45) is 7.05 Å². The molecule has 41 heavy (non-hydrogen) atoms. The standard InChI is InChI=1S/C28H34F3N7O3/c1-17-7-8-19(12-25(17)38-15-24(34-35-38)22-14-32-37(5)18(22)2)27(39)33-23-13-21(28(29,30)31)11-20(26(23)40-6)16-41-10-9-36(3)4/h7-8,11-15,34-35H,9-10,16H2,1-6H3,(H,33,39). The highest BCUT2D eigenvalue weighted by molar-refractivity contribution is 6.06. The van der Waals surface area contributed by atoms with Crippen LogP contribution in [0.4, 0.5) is 24.5 Å². The number of aryl methyl sites for hydroxylation is 2. The maximum Gasteiger partial charge on any atom is 0.416 e. The summed E-state index contributed by atoms with van der Waals surface area (Å²) in [5.41, 5.74) is 9.77. The Morgan fingerprint density at radius 2 is 1.93 bits per heavy atom. The number of carbonyl (C=O) groups is 1. The molecular formula is C28H34F3N7O3. The number of halogens is 3. The summed E-state index contributed by atoms with van der Waals surface area (Å²) in [6, 6.07) is 6.88. The maximum atomic E-state index is 13.8. The molecule has 13 heteroatoms. The predicted octanol–water partition coefficient (Wildman–Crippen LogP) is 4.22. The lowest BCUT2D eigenvalue weighted by atomic mass is 10.1. The van der Waals surface area contributed by atoms with Gasteiger partial charge in [0.05, 0.1) is 49.2 Å². The molecule has 0 radical (unpaired) electrons. The Bertz CT molecular complexity index is 1450. The van der Waals surface area contributed by atoms with Gasteiger partial charge in [0.1, 0.15) is 5.75 Å². The van der Waals surface area contributed by atoms with Crippen LogP contribution in [0.5, 0.6) is 5.75 Å². The number of hydrazine groups is 2. The minimum absolute atomic E-state index is 0.101. The minimum Gasteiger partial charge on any atom is -0.494 e. The van der Waals surface area contributed by atoms with Crippen LogP contribution in [0, 0.1) is 13.8 Å². The smallest absolute Gasteiger partial charge is 0.416 e. The normalized spacial score (nSPS) is 13.4. The van der Waals surface area contributed by atoms with E-state index in [-0.39, 0.29) is 29.2 Å². The summed E-state index contributed by atoms with van der Waals surface area (Å²) in [5.74, 6) is -0.490. The molecule has 0 fully saturated rings. The van der Waals surface area contributed by atoms with Crippen LogP contribution < -0.4 is 26.0 Å². The molecule has 3 N–H and O–H groups in total. The molecule has 1 aromatic heterocycles. The molecule has 1 amide bonds. The Morgan fingerprint density at radius 3 is 2.56 bits per heavy atom. The highest BCUT2D eigenvalue weighted by atomic mass is 19.4. The average Bonchev–Trinajstić information content (AvgIpc) is 3.52. The monoisotopic (exact) mass is 573 g/mol. The number of nitrogens with zero attached hydrogens (tertiary/aromatic N) is 4. The molecule has 220 valence electrons. The third kappa shape index (κ3) is 6.81. The van der Waals surface area contributed by atoms with Gasteiger partial charge in [-0.25, -0.2) is 0 Å². The molecule has 0 bridgehead atoms. The minimum atomic E-state index is -4.63. The molecule has 0 spiro atoms. The van der Waals surface area contributed by atoms with E-state index in [1.165, 1.54) is 7.11 Å². The Balaban J connectivity index is 1.61. The number of amides is 1. The summed E-state index contributed by atoms with van der Waals surface area (Å²) in [6.07, 6.45) is -1.04. The van der Waals surface area contributed by atoms with Crippen LogP contribution in [0.3, 0.4) is 0 Å². The number of ether oxygens (including phenoxy) is 2. The number of hydrogen-bond acceptors (Lipinski definition) is 8. The first kappa shape index (κ1) is 29.9. The Hall–Kier alpha value is -4.07. The van der Waals surface area contributed by atoms with Gasteiger partial charge >= 0.3 is 6.18 Å². The second-order valence-electron chi connectivity index (χ2n) is 9.94. The summed E-state index contributed by atoms with van der Waals surface area (Å²) in [5, 5.41) is 8.61. The fourth-order valence-corrected chi connectivity index (χ4v) is 4.27. The van der Waals surface area contributed by atoms with Crippen LogP contribution in [-0.4, -0.2) is 54.9 Å². The molecule has 0 unspecified atom stereocenters. The third-order valence-corrected chi connectivity index (χ3v) is 6.71. The van der Waals surface area contributed by atoms with Gasteiger partial charge in [-0.3, -0.25) is 14.5 Å². The van der Waals surface area contributed by atoms with Crippen LogP contribution in [-0.2, 0) is 24.6 Å². The molecule has 0 atom stereocenters. The number of hydrogen-bond donors (Lipinski definition) is 3. The zero-order chi connectivity index (χ0) is 29.9. The molecule has 0 saturated carbocycles. The van der Waals surface area contributed by atoms with Crippen molar-refractivity contribution in [2.75, 3.05) is 44.7 Å². The fourth-order valence-electron chi connectivity index (χ4n) is 4.27. The largest absolute Gasteiger partial charge is 0.494 e. The van der Waals surface area contributed by atoms with Gasteiger partial charge in [-0.15, -0.1) is 5.53 Å². The number of alkyl halides is 3. The van der Waals surface area contributed by atoms with Crippen molar-refractivity contribution in [3.05, 3.63) is 76.2 Å². The van der Waals surface area contributed by atoms with Gasteiger partial charge in [0, 0.05) is 42.2 Å². The molecule has 3 aromatic rings. The van der Waals surface area contributed by atoms with E-state index >= 15 is 0 Å². The second kappa shape index (κ2) is 12.2. The quantitative estimate of drug-likeness (QED) is 0.311. The van der Waals surface area contributed by atoms with Gasteiger partial charge in [-0.05, 0) is 57.8 Å². The second-order valence-corrected chi connectivity index (χ2v) is 9.94. The van der Waals surface area contributed by atoms with Crippen LogP contribution in [0.2, 0.25) is 0 Å². The van der Waals surface area contributed by atoms with Gasteiger partial charge < -0.3 is 25.1 Å².